The fourth-order valence-corrected chi connectivity index (χ4v) is 4.81. The Bertz CT molecular complexity index is 1390. The van der Waals surface area contributed by atoms with Crippen LogP contribution in [-0.2, 0) is 44.8 Å². The fourth-order valence-electron chi connectivity index (χ4n) is 4.81. The summed E-state index contributed by atoms with van der Waals surface area (Å²) in [4.78, 5) is 101. The first-order chi connectivity index (χ1) is 23.7. The highest BCUT2D eigenvalue weighted by atomic mass is 16.4. The summed E-state index contributed by atoms with van der Waals surface area (Å²) >= 11 is 0. The van der Waals surface area contributed by atoms with Crippen molar-refractivity contribution in [1.29, 1.82) is 0 Å². The molecule has 18 heteroatoms. The number of carbonyl (C=O) groups is 8. The molecule has 0 aromatic heterocycles. The molecule has 0 saturated heterocycles. The zero-order valence-electron chi connectivity index (χ0n) is 29.4. The number of carboxylic acids is 2. The van der Waals surface area contributed by atoms with Gasteiger partial charge in [0, 0.05) is 12.8 Å². The lowest BCUT2D eigenvalue weighted by molar-refractivity contribution is -0.143. The van der Waals surface area contributed by atoms with Gasteiger partial charge in [0.15, 0.2) is 0 Å². The Kier molecular flexibility index (Phi) is 18.3. The van der Waals surface area contributed by atoms with Gasteiger partial charge in [-0.05, 0) is 37.2 Å². The molecule has 6 amide bonds. The molecule has 51 heavy (non-hydrogen) atoms. The van der Waals surface area contributed by atoms with Crippen LogP contribution in [0, 0.1) is 11.8 Å². The molecule has 0 spiro atoms. The van der Waals surface area contributed by atoms with E-state index in [9.17, 15) is 53.7 Å². The molecule has 18 nitrogen and oxygen atoms in total. The van der Waals surface area contributed by atoms with Crippen LogP contribution >= 0.6 is 0 Å². The maximum Gasteiger partial charge on any atom is 0.326 e. The zero-order chi connectivity index (χ0) is 39.0. The minimum atomic E-state index is -1.68. The van der Waals surface area contributed by atoms with E-state index < -0.39 is 102 Å². The number of carboxylic acid groups (broad SMARTS) is 2. The van der Waals surface area contributed by atoms with Crippen LogP contribution in [0.2, 0.25) is 0 Å². The van der Waals surface area contributed by atoms with Gasteiger partial charge in [0.1, 0.15) is 30.2 Å². The van der Waals surface area contributed by atoms with Gasteiger partial charge in [-0.3, -0.25) is 33.6 Å². The van der Waals surface area contributed by atoms with Gasteiger partial charge in [-0.25, -0.2) is 4.79 Å². The van der Waals surface area contributed by atoms with Crippen molar-refractivity contribution in [2.75, 3.05) is 0 Å². The highest BCUT2D eigenvalue weighted by Crippen LogP contribution is 2.10. The number of nitrogens with two attached hydrogens (primary N) is 2. The number of carbonyl (C=O) groups excluding carboxylic acids is 6. The second kappa shape index (κ2) is 21.2. The maximum atomic E-state index is 13.7. The molecule has 0 heterocycles. The van der Waals surface area contributed by atoms with E-state index in [1.807, 2.05) is 0 Å². The average Bonchev–Trinajstić information content (AvgIpc) is 3.03. The van der Waals surface area contributed by atoms with Gasteiger partial charge < -0.3 is 53.4 Å². The van der Waals surface area contributed by atoms with E-state index in [4.69, 9.17) is 11.5 Å². The normalized spacial score (nSPS) is 15.2. The smallest absolute Gasteiger partial charge is 0.326 e. The summed E-state index contributed by atoms with van der Waals surface area (Å²) in [5.41, 5.74) is 11.4. The van der Waals surface area contributed by atoms with Crippen LogP contribution in [0.5, 0.6) is 0 Å². The predicted octanol–water partition coefficient (Wildman–Crippen LogP) is -2.11. The topological polar surface area (TPSA) is 309 Å². The van der Waals surface area contributed by atoms with Crippen LogP contribution in [0.3, 0.4) is 0 Å². The highest BCUT2D eigenvalue weighted by molar-refractivity contribution is 5.97. The van der Waals surface area contributed by atoms with Crippen LogP contribution in [0.25, 0.3) is 0 Å². The van der Waals surface area contributed by atoms with Gasteiger partial charge in [-0.2, -0.15) is 0 Å². The SMILES string of the molecule is CC(C)C[C@H](NC(=O)[C@@H](NC(=O)[C@H](Cc1ccccc1)NC(=O)[C@@H](NC(=O)[C@H](CC(=O)O)NC(=O)[C@@H](N)CCC(N)=O)C(C)C)[C@@H](C)O)C(=O)O. The van der Waals surface area contributed by atoms with Crippen LogP contribution in [0.1, 0.15) is 65.9 Å². The van der Waals surface area contributed by atoms with Crippen molar-refractivity contribution in [3.8, 4) is 0 Å². The van der Waals surface area contributed by atoms with Crippen molar-refractivity contribution in [3.05, 3.63) is 35.9 Å². The number of amides is 6. The predicted molar refractivity (Wildman–Crippen MR) is 182 cm³/mol. The van der Waals surface area contributed by atoms with Crippen LogP contribution in [-0.4, -0.2) is 105 Å². The molecule has 0 saturated carbocycles. The summed E-state index contributed by atoms with van der Waals surface area (Å²) in [6, 6.07) is -0.207. The fraction of sp³-hybridized carbons (Fsp3) is 0.576. The molecule has 1 rings (SSSR count). The highest BCUT2D eigenvalue weighted by Gasteiger charge is 2.35. The third-order valence-electron chi connectivity index (χ3n) is 7.60. The summed E-state index contributed by atoms with van der Waals surface area (Å²) in [6.07, 6.45) is -2.80. The summed E-state index contributed by atoms with van der Waals surface area (Å²) in [7, 11) is 0. The third kappa shape index (κ3) is 16.0. The number of hydrogen-bond donors (Lipinski definition) is 10. The molecule has 1 aromatic rings. The van der Waals surface area contributed by atoms with E-state index >= 15 is 0 Å². The van der Waals surface area contributed by atoms with Crippen LogP contribution in [0.4, 0.5) is 0 Å². The Morgan fingerprint density at radius 3 is 1.69 bits per heavy atom. The van der Waals surface area contributed by atoms with E-state index in [2.05, 4.69) is 26.6 Å². The largest absolute Gasteiger partial charge is 0.481 e. The number of rotatable bonds is 22. The number of aliphatic hydroxyl groups is 1. The molecular weight excluding hydrogens is 670 g/mol. The van der Waals surface area contributed by atoms with Crippen LogP contribution in [0.15, 0.2) is 30.3 Å². The van der Waals surface area contributed by atoms with Gasteiger partial charge in [-0.1, -0.05) is 58.0 Å². The van der Waals surface area contributed by atoms with Gasteiger partial charge in [-0.15, -0.1) is 0 Å². The lowest BCUT2D eigenvalue weighted by Gasteiger charge is -2.29. The molecule has 0 aliphatic heterocycles. The van der Waals surface area contributed by atoms with Crippen molar-refractivity contribution in [2.45, 2.75) is 109 Å². The third-order valence-corrected chi connectivity index (χ3v) is 7.60. The van der Waals surface area contributed by atoms with E-state index in [-0.39, 0.29) is 31.6 Å². The first kappa shape index (κ1) is 43.9. The zero-order valence-corrected chi connectivity index (χ0v) is 29.4. The Labute approximate surface area is 295 Å². The average molecular weight is 722 g/mol. The van der Waals surface area contributed by atoms with Crippen molar-refractivity contribution in [2.24, 2.45) is 23.3 Å². The second-order valence-electron chi connectivity index (χ2n) is 13.0. The first-order valence-electron chi connectivity index (χ1n) is 16.5. The number of nitrogens with one attached hydrogen (secondary N) is 5. The summed E-state index contributed by atoms with van der Waals surface area (Å²) in [6.45, 7) is 7.85. The molecule has 0 bridgehead atoms. The minimum Gasteiger partial charge on any atom is -0.481 e. The Hall–Kier alpha value is -5.10. The van der Waals surface area contributed by atoms with Gasteiger partial charge in [0.05, 0.1) is 18.6 Å². The molecular formula is C33H51N7O11. The van der Waals surface area contributed by atoms with Crippen LogP contribution < -0.4 is 38.1 Å². The molecule has 1 aromatic carbocycles. The number of hydrogen-bond acceptors (Lipinski definition) is 10. The molecule has 0 unspecified atom stereocenters. The number of benzene rings is 1. The lowest BCUT2D eigenvalue weighted by Crippen LogP contribution is -2.62. The minimum absolute atomic E-state index is 0.0790. The van der Waals surface area contributed by atoms with Crippen molar-refractivity contribution >= 4 is 47.4 Å². The van der Waals surface area contributed by atoms with E-state index in [1.54, 1.807) is 58.0 Å². The molecule has 0 aliphatic rings. The molecule has 0 aliphatic carbocycles. The molecule has 7 atom stereocenters. The monoisotopic (exact) mass is 721 g/mol. The van der Waals surface area contributed by atoms with E-state index in [1.165, 1.54) is 6.92 Å². The Morgan fingerprint density at radius 1 is 0.686 bits per heavy atom. The molecule has 12 N–H and O–H groups in total. The van der Waals surface area contributed by atoms with Gasteiger partial charge in [0.25, 0.3) is 0 Å². The van der Waals surface area contributed by atoms with E-state index in [0.29, 0.717) is 5.56 Å². The number of aliphatic carboxylic acids is 2. The maximum absolute atomic E-state index is 13.7. The number of primary amides is 1. The first-order valence-corrected chi connectivity index (χ1v) is 16.5. The Balaban J connectivity index is 3.29. The van der Waals surface area contributed by atoms with Gasteiger partial charge in [0.2, 0.25) is 35.4 Å². The number of aliphatic hydroxyl groups excluding tert-OH is 1. The molecule has 284 valence electrons. The summed E-state index contributed by atoms with van der Waals surface area (Å²) < 4.78 is 0. The summed E-state index contributed by atoms with van der Waals surface area (Å²) in [5.74, 6) is -8.98. The Morgan fingerprint density at radius 2 is 1.20 bits per heavy atom. The van der Waals surface area contributed by atoms with Crippen molar-refractivity contribution in [1.82, 2.24) is 26.6 Å². The molecule has 0 radical (unpaired) electrons. The molecule has 0 fully saturated rings. The second-order valence-corrected chi connectivity index (χ2v) is 13.0. The van der Waals surface area contributed by atoms with Crippen molar-refractivity contribution in [3.63, 3.8) is 0 Å². The quantitative estimate of drug-likeness (QED) is 0.0615. The van der Waals surface area contributed by atoms with Gasteiger partial charge >= 0.3 is 11.9 Å². The lowest BCUT2D eigenvalue weighted by atomic mass is 9.99. The summed E-state index contributed by atoms with van der Waals surface area (Å²) in [5, 5.41) is 41.2. The van der Waals surface area contributed by atoms with Crippen molar-refractivity contribution < 1.29 is 53.7 Å². The van der Waals surface area contributed by atoms with E-state index in [0.717, 1.165) is 0 Å². The standard InChI is InChI=1S/C33H51N7O11/c1-16(2)13-23(33(50)51)38-32(49)27(18(5)41)40-29(46)21(14-19-9-7-6-8-10-19)37-31(48)26(17(3)4)39-30(47)22(15-25(43)44)36-28(45)20(34)11-12-24(35)42/h6-10,16-18,20-23,26-27,41H,11-15,34H2,1-5H3,(H2,35,42)(H,36,45)(H,37,48)(H,38,49)(H,39,47)(H,40,46)(H,43,44)(H,50,51)/t18-,20+,21+,22+,23+,26+,27+/m1/s1.